The quantitative estimate of drug-likeness (QED) is 0.556. The Morgan fingerprint density at radius 2 is 2.10 bits per heavy atom. The zero-order valence-electron chi connectivity index (χ0n) is 16.7. The van der Waals surface area contributed by atoms with Gasteiger partial charge in [0.05, 0.1) is 6.61 Å². The van der Waals surface area contributed by atoms with E-state index in [2.05, 4.69) is 10.1 Å². The number of hydrogen-bond acceptors (Lipinski definition) is 5. The number of fused-ring (bicyclic) bond motifs is 2. The summed E-state index contributed by atoms with van der Waals surface area (Å²) in [6.45, 7) is 1.99. The van der Waals surface area contributed by atoms with Crippen LogP contribution in [-0.4, -0.2) is 35.1 Å². The van der Waals surface area contributed by atoms with Crippen LogP contribution >= 0.6 is 11.8 Å². The van der Waals surface area contributed by atoms with E-state index in [1.165, 1.54) is 23.7 Å². The van der Waals surface area contributed by atoms with E-state index in [1.807, 2.05) is 24.3 Å². The summed E-state index contributed by atoms with van der Waals surface area (Å²) in [5.41, 5.74) is 11.7. The molecular formula is C21H21F2N5O2S. The Balaban J connectivity index is 1.84. The number of ether oxygens (including phenoxy) is 1. The highest BCUT2D eigenvalue weighted by Crippen LogP contribution is 2.57. The van der Waals surface area contributed by atoms with Crippen molar-refractivity contribution in [1.29, 1.82) is 0 Å². The first kappa shape index (κ1) is 21.1. The molecule has 0 saturated carbocycles. The fourth-order valence-electron chi connectivity index (χ4n) is 3.92. The van der Waals surface area contributed by atoms with Crippen LogP contribution in [0.2, 0.25) is 0 Å². The molecule has 1 amide bonds. The van der Waals surface area contributed by atoms with Gasteiger partial charge in [0.1, 0.15) is 22.4 Å². The number of amides is 1. The van der Waals surface area contributed by atoms with Gasteiger partial charge < -0.3 is 16.2 Å². The van der Waals surface area contributed by atoms with E-state index in [1.54, 1.807) is 0 Å². The molecule has 2 atom stereocenters. The van der Waals surface area contributed by atoms with Crippen molar-refractivity contribution < 1.29 is 18.3 Å². The summed E-state index contributed by atoms with van der Waals surface area (Å²) in [5, 5.41) is 6.01. The van der Waals surface area contributed by atoms with Crippen molar-refractivity contribution in [3.8, 4) is 5.75 Å². The van der Waals surface area contributed by atoms with Crippen LogP contribution in [0.5, 0.6) is 5.75 Å². The Morgan fingerprint density at radius 3 is 2.84 bits per heavy atom. The lowest BCUT2D eigenvalue weighted by atomic mass is 9.86. The summed E-state index contributed by atoms with van der Waals surface area (Å²) in [6.07, 6.45) is 0.484. The van der Waals surface area contributed by atoms with Crippen LogP contribution in [0.15, 0.2) is 52.6 Å². The average molecular weight is 445 g/mol. The molecule has 2 aromatic rings. The first-order valence-electron chi connectivity index (χ1n) is 9.64. The fraction of sp³-hybridized carbons (Fsp3) is 0.286. The van der Waals surface area contributed by atoms with E-state index in [0.29, 0.717) is 18.7 Å². The highest BCUT2D eigenvalue weighted by Gasteiger charge is 2.56. The minimum absolute atomic E-state index is 0.0000661. The molecule has 0 fully saturated rings. The van der Waals surface area contributed by atoms with Crippen molar-refractivity contribution in [2.75, 3.05) is 13.2 Å². The van der Waals surface area contributed by atoms with E-state index >= 15 is 0 Å². The number of nitrogens with two attached hydrogens (primary N) is 2. The third-order valence-corrected chi connectivity index (χ3v) is 6.79. The molecule has 2 aromatic carbocycles. The van der Waals surface area contributed by atoms with Gasteiger partial charge in [-0.25, -0.2) is 13.8 Å². The van der Waals surface area contributed by atoms with Crippen LogP contribution in [0.4, 0.5) is 8.78 Å². The highest BCUT2D eigenvalue weighted by molar-refractivity contribution is 8.15. The molecule has 1 spiro atoms. The minimum atomic E-state index is -1.01. The Hall–Kier alpha value is -3.14. The van der Waals surface area contributed by atoms with Crippen LogP contribution < -0.4 is 16.2 Å². The lowest BCUT2D eigenvalue weighted by molar-refractivity contribution is -0.134. The third-order valence-electron chi connectivity index (χ3n) is 5.25. The van der Waals surface area contributed by atoms with E-state index in [4.69, 9.17) is 16.2 Å². The summed E-state index contributed by atoms with van der Waals surface area (Å²) in [6, 6.07) is 10.5. The lowest BCUT2D eigenvalue weighted by Gasteiger charge is -2.45. The van der Waals surface area contributed by atoms with Crippen LogP contribution in [-0.2, 0) is 9.67 Å². The maximum atomic E-state index is 14.6. The van der Waals surface area contributed by atoms with Crippen LogP contribution in [0.25, 0.3) is 0 Å². The summed E-state index contributed by atoms with van der Waals surface area (Å²) in [7, 11) is 0. The van der Waals surface area contributed by atoms with Gasteiger partial charge in [0, 0.05) is 30.5 Å². The van der Waals surface area contributed by atoms with Gasteiger partial charge in [-0.2, -0.15) is 5.10 Å². The van der Waals surface area contributed by atoms with E-state index in [9.17, 15) is 13.6 Å². The van der Waals surface area contributed by atoms with Crippen LogP contribution in [0, 0.1) is 17.6 Å². The Morgan fingerprint density at radius 1 is 1.32 bits per heavy atom. The number of halogens is 2. The van der Waals surface area contributed by atoms with Crippen molar-refractivity contribution in [2.45, 2.75) is 18.2 Å². The van der Waals surface area contributed by atoms with Crippen molar-refractivity contribution in [2.24, 2.45) is 27.5 Å². The molecule has 7 nitrogen and oxygen atoms in total. The van der Waals surface area contributed by atoms with Gasteiger partial charge in [0.2, 0.25) is 5.91 Å². The topological polar surface area (TPSA) is 106 Å². The summed E-state index contributed by atoms with van der Waals surface area (Å²) >= 11 is 1.21. The SMILES string of the molecule is CC(=O)N1N=C(c2cc(F)ccc2F)SC12c1ccccc1OCC2CCN=C(N)N. The van der Waals surface area contributed by atoms with Gasteiger partial charge in [0.15, 0.2) is 10.8 Å². The second-order valence-corrected chi connectivity index (χ2v) is 8.47. The number of rotatable bonds is 4. The van der Waals surface area contributed by atoms with Gasteiger partial charge in [-0.1, -0.05) is 30.0 Å². The molecule has 4 N–H and O–H groups in total. The maximum Gasteiger partial charge on any atom is 0.241 e. The number of benzene rings is 2. The van der Waals surface area contributed by atoms with E-state index < -0.39 is 16.5 Å². The molecule has 0 aliphatic carbocycles. The molecular weight excluding hydrogens is 424 g/mol. The average Bonchev–Trinajstić information content (AvgIpc) is 3.13. The van der Waals surface area contributed by atoms with Crippen molar-refractivity contribution >= 4 is 28.7 Å². The Bertz CT molecular complexity index is 1090. The Labute approximate surface area is 182 Å². The van der Waals surface area contributed by atoms with E-state index in [-0.39, 0.29) is 35.0 Å². The largest absolute Gasteiger partial charge is 0.493 e. The normalized spacial score (nSPS) is 22.0. The van der Waals surface area contributed by atoms with Crippen LogP contribution in [0.1, 0.15) is 24.5 Å². The first-order valence-corrected chi connectivity index (χ1v) is 10.5. The van der Waals surface area contributed by atoms with E-state index in [0.717, 1.165) is 23.8 Å². The molecule has 0 aromatic heterocycles. The molecule has 2 heterocycles. The number of carbonyl (C=O) groups is 1. The molecule has 2 unspecified atom stereocenters. The second kappa shape index (κ2) is 8.18. The second-order valence-electron chi connectivity index (χ2n) is 7.26. The molecule has 0 radical (unpaired) electrons. The molecule has 162 valence electrons. The van der Waals surface area contributed by atoms with Gasteiger partial charge in [-0.15, -0.1) is 0 Å². The standard InChI is InChI=1S/C21H21F2N5O2S/c1-12(29)28-21(31-19(27-28)15-10-14(22)6-7-17(15)23)13(8-9-26-20(24)25)11-30-18-5-3-2-4-16(18)21/h2-7,10,13H,8-9,11H2,1H3,(H4,24,25,26). The highest BCUT2D eigenvalue weighted by atomic mass is 32.2. The molecule has 0 bridgehead atoms. The molecule has 31 heavy (non-hydrogen) atoms. The lowest BCUT2D eigenvalue weighted by Crippen LogP contribution is -2.50. The monoisotopic (exact) mass is 445 g/mol. The predicted octanol–water partition coefficient (Wildman–Crippen LogP) is 2.75. The summed E-state index contributed by atoms with van der Waals surface area (Å²) in [4.78, 5) is 15.8. The number of hydrogen-bond donors (Lipinski definition) is 2. The molecule has 10 heteroatoms. The zero-order valence-corrected chi connectivity index (χ0v) is 17.5. The summed E-state index contributed by atoms with van der Waals surface area (Å²) in [5.74, 6) is -1.24. The Kier molecular flexibility index (Phi) is 5.57. The van der Waals surface area contributed by atoms with Crippen molar-refractivity contribution in [3.05, 3.63) is 65.2 Å². The zero-order chi connectivity index (χ0) is 22.2. The number of guanidine groups is 1. The number of nitrogens with zero attached hydrogens (tertiary/aromatic N) is 3. The number of carbonyl (C=O) groups excluding carboxylic acids is 1. The van der Waals surface area contributed by atoms with Crippen LogP contribution in [0.3, 0.4) is 0 Å². The number of hydrazone groups is 1. The number of aliphatic imine (C=N–C) groups is 1. The number of para-hydroxylation sites is 1. The molecule has 2 aliphatic heterocycles. The molecule has 4 rings (SSSR count). The molecule has 0 saturated heterocycles. The third kappa shape index (κ3) is 3.71. The van der Waals surface area contributed by atoms with Gasteiger partial charge in [-0.3, -0.25) is 9.79 Å². The number of thioether (sulfide) groups is 1. The van der Waals surface area contributed by atoms with Gasteiger partial charge in [-0.05, 0) is 30.7 Å². The maximum absolute atomic E-state index is 14.6. The fourth-order valence-corrected chi connectivity index (χ4v) is 5.49. The first-order chi connectivity index (χ1) is 14.8. The molecule has 2 aliphatic rings. The summed E-state index contributed by atoms with van der Waals surface area (Å²) < 4.78 is 34.4. The smallest absolute Gasteiger partial charge is 0.241 e. The van der Waals surface area contributed by atoms with Crippen molar-refractivity contribution in [1.82, 2.24) is 5.01 Å². The van der Waals surface area contributed by atoms with Crippen molar-refractivity contribution in [3.63, 3.8) is 0 Å². The van der Waals surface area contributed by atoms with Gasteiger partial charge in [0.25, 0.3) is 0 Å². The van der Waals surface area contributed by atoms with Gasteiger partial charge >= 0.3 is 0 Å². The predicted molar refractivity (Wildman–Crippen MR) is 115 cm³/mol. The minimum Gasteiger partial charge on any atom is -0.493 e.